The molecular formula is C21H25NO2S. The summed E-state index contributed by atoms with van der Waals surface area (Å²) in [6.45, 7) is 5.57. The summed E-state index contributed by atoms with van der Waals surface area (Å²) >= 11 is 1.21. The number of benzene rings is 2. The molecule has 0 aliphatic heterocycles. The first kappa shape index (κ1) is 19.3. The molecule has 4 heteroatoms. The maximum absolute atomic E-state index is 12.9. The summed E-state index contributed by atoms with van der Waals surface area (Å²) in [5, 5.41) is 3.14. The molecule has 1 amide bonds. The van der Waals surface area contributed by atoms with Gasteiger partial charge in [0.05, 0.1) is 12.0 Å². The molecule has 132 valence electrons. The number of amides is 1. The maximum atomic E-state index is 12.9. The Bertz CT molecular complexity index is 688. The topological polar surface area (TPSA) is 46.2 Å². The number of carbonyl (C=O) groups excluding carboxylic acids is 2. The summed E-state index contributed by atoms with van der Waals surface area (Å²) in [4.78, 5) is 24.3. The molecule has 25 heavy (non-hydrogen) atoms. The Balaban J connectivity index is 2.13. The SMILES string of the molecule is CC(=O)SCC(C(=O)N[C@H](C)c1ccccc1)C(C)c1ccccc1. The van der Waals surface area contributed by atoms with Crippen molar-refractivity contribution in [3.8, 4) is 0 Å². The second-order valence-corrected chi connectivity index (χ2v) is 7.45. The zero-order valence-corrected chi connectivity index (χ0v) is 15.8. The molecule has 2 unspecified atom stereocenters. The van der Waals surface area contributed by atoms with Crippen molar-refractivity contribution < 1.29 is 9.59 Å². The van der Waals surface area contributed by atoms with Crippen LogP contribution in [0.15, 0.2) is 60.7 Å². The molecule has 0 saturated heterocycles. The summed E-state index contributed by atoms with van der Waals surface area (Å²) in [7, 11) is 0. The van der Waals surface area contributed by atoms with Gasteiger partial charge < -0.3 is 5.32 Å². The second kappa shape index (κ2) is 9.42. The fourth-order valence-corrected chi connectivity index (χ4v) is 3.64. The lowest BCUT2D eigenvalue weighted by molar-refractivity contribution is -0.125. The minimum absolute atomic E-state index is 0.0125. The monoisotopic (exact) mass is 355 g/mol. The van der Waals surface area contributed by atoms with E-state index in [1.807, 2.05) is 74.5 Å². The van der Waals surface area contributed by atoms with Gasteiger partial charge in [0, 0.05) is 12.7 Å². The van der Waals surface area contributed by atoms with E-state index in [-0.39, 0.29) is 28.9 Å². The number of rotatable bonds is 7. The quantitative estimate of drug-likeness (QED) is 0.792. The minimum atomic E-state index is -0.262. The third-order valence-corrected chi connectivity index (χ3v) is 5.32. The third-order valence-electron chi connectivity index (χ3n) is 4.39. The molecule has 2 rings (SSSR count). The van der Waals surface area contributed by atoms with E-state index in [1.165, 1.54) is 11.8 Å². The molecule has 2 aromatic carbocycles. The average Bonchev–Trinajstić information content (AvgIpc) is 2.63. The van der Waals surface area contributed by atoms with Gasteiger partial charge in [0.1, 0.15) is 0 Å². The van der Waals surface area contributed by atoms with E-state index in [9.17, 15) is 9.59 Å². The number of thioether (sulfide) groups is 1. The smallest absolute Gasteiger partial charge is 0.225 e. The van der Waals surface area contributed by atoms with Crippen molar-refractivity contribution in [3.63, 3.8) is 0 Å². The fourth-order valence-electron chi connectivity index (χ4n) is 2.79. The summed E-state index contributed by atoms with van der Waals surface area (Å²) in [6.07, 6.45) is 0. The predicted octanol–water partition coefficient (Wildman–Crippen LogP) is 4.56. The van der Waals surface area contributed by atoms with Crippen molar-refractivity contribution >= 4 is 22.8 Å². The Morgan fingerprint density at radius 1 is 0.920 bits per heavy atom. The van der Waals surface area contributed by atoms with Crippen LogP contribution in [-0.4, -0.2) is 16.8 Å². The maximum Gasteiger partial charge on any atom is 0.225 e. The largest absolute Gasteiger partial charge is 0.349 e. The number of hydrogen-bond donors (Lipinski definition) is 1. The van der Waals surface area contributed by atoms with E-state index in [1.54, 1.807) is 6.92 Å². The van der Waals surface area contributed by atoms with Crippen LogP contribution in [0.1, 0.15) is 43.9 Å². The molecular weight excluding hydrogens is 330 g/mol. The van der Waals surface area contributed by atoms with Crippen LogP contribution in [0.2, 0.25) is 0 Å². The highest BCUT2D eigenvalue weighted by molar-refractivity contribution is 8.13. The normalized spacial score (nSPS) is 14.4. The zero-order chi connectivity index (χ0) is 18.2. The van der Waals surface area contributed by atoms with Gasteiger partial charge in [-0.15, -0.1) is 0 Å². The summed E-state index contributed by atoms with van der Waals surface area (Å²) in [5.41, 5.74) is 2.18. The molecule has 3 nitrogen and oxygen atoms in total. The van der Waals surface area contributed by atoms with Crippen LogP contribution in [-0.2, 0) is 9.59 Å². The molecule has 0 radical (unpaired) electrons. The Labute approximate surface area is 154 Å². The Morgan fingerprint density at radius 3 is 1.96 bits per heavy atom. The van der Waals surface area contributed by atoms with Gasteiger partial charge in [0.25, 0.3) is 0 Å². The van der Waals surface area contributed by atoms with Gasteiger partial charge in [0.2, 0.25) is 5.91 Å². The van der Waals surface area contributed by atoms with Crippen molar-refractivity contribution in [2.45, 2.75) is 32.7 Å². The van der Waals surface area contributed by atoms with Gasteiger partial charge in [-0.1, -0.05) is 79.3 Å². The van der Waals surface area contributed by atoms with E-state index in [4.69, 9.17) is 0 Å². The highest BCUT2D eigenvalue weighted by atomic mass is 32.2. The average molecular weight is 356 g/mol. The van der Waals surface area contributed by atoms with E-state index in [2.05, 4.69) is 5.32 Å². The lowest BCUT2D eigenvalue weighted by atomic mass is 9.88. The number of nitrogens with one attached hydrogen (secondary N) is 1. The molecule has 0 aromatic heterocycles. The Hall–Kier alpha value is -2.07. The van der Waals surface area contributed by atoms with Crippen molar-refractivity contribution in [3.05, 3.63) is 71.8 Å². The van der Waals surface area contributed by atoms with Crippen LogP contribution in [0.25, 0.3) is 0 Å². The molecule has 2 aromatic rings. The van der Waals surface area contributed by atoms with Crippen molar-refractivity contribution in [2.24, 2.45) is 5.92 Å². The Morgan fingerprint density at radius 2 is 1.44 bits per heavy atom. The lowest BCUT2D eigenvalue weighted by Crippen LogP contribution is -2.36. The van der Waals surface area contributed by atoms with Crippen LogP contribution in [0.5, 0.6) is 0 Å². The van der Waals surface area contributed by atoms with Crippen molar-refractivity contribution in [1.82, 2.24) is 5.32 Å². The minimum Gasteiger partial charge on any atom is -0.349 e. The molecule has 0 bridgehead atoms. The van der Waals surface area contributed by atoms with Crippen LogP contribution in [0.3, 0.4) is 0 Å². The van der Waals surface area contributed by atoms with E-state index in [0.717, 1.165) is 11.1 Å². The predicted molar refractivity (Wildman–Crippen MR) is 104 cm³/mol. The van der Waals surface area contributed by atoms with E-state index >= 15 is 0 Å². The molecule has 0 spiro atoms. The van der Waals surface area contributed by atoms with Crippen LogP contribution < -0.4 is 5.32 Å². The van der Waals surface area contributed by atoms with Gasteiger partial charge in [-0.05, 0) is 24.0 Å². The van der Waals surface area contributed by atoms with Crippen LogP contribution >= 0.6 is 11.8 Å². The first-order valence-electron chi connectivity index (χ1n) is 8.52. The van der Waals surface area contributed by atoms with Gasteiger partial charge in [-0.25, -0.2) is 0 Å². The highest BCUT2D eigenvalue weighted by Gasteiger charge is 2.28. The fraction of sp³-hybridized carbons (Fsp3) is 0.333. The number of hydrogen-bond acceptors (Lipinski definition) is 3. The van der Waals surface area contributed by atoms with Gasteiger partial charge in [-0.2, -0.15) is 0 Å². The number of carbonyl (C=O) groups is 2. The molecule has 0 heterocycles. The van der Waals surface area contributed by atoms with Gasteiger partial charge >= 0.3 is 0 Å². The van der Waals surface area contributed by atoms with Crippen LogP contribution in [0.4, 0.5) is 0 Å². The summed E-state index contributed by atoms with van der Waals surface area (Å²) < 4.78 is 0. The van der Waals surface area contributed by atoms with Crippen molar-refractivity contribution in [2.75, 3.05) is 5.75 Å². The molecule has 3 atom stereocenters. The van der Waals surface area contributed by atoms with E-state index in [0.29, 0.717) is 5.75 Å². The molecule has 0 fully saturated rings. The molecule has 0 aliphatic rings. The summed E-state index contributed by atoms with van der Waals surface area (Å²) in [5.74, 6) is 0.249. The third kappa shape index (κ3) is 5.75. The molecule has 0 aliphatic carbocycles. The Kier molecular flexibility index (Phi) is 7.26. The van der Waals surface area contributed by atoms with Gasteiger partial charge in [-0.3, -0.25) is 9.59 Å². The summed E-state index contributed by atoms with van der Waals surface area (Å²) in [6, 6.07) is 19.8. The van der Waals surface area contributed by atoms with Crippen LogP contribution in [0, 0.1) is 5.92 Å². The van der Waals surface area contributed by atoms with Crippen molar-refractivity contribution in [1.29, 1.82) is 0 Å². The first-order chi connectivity index (χ1) is 12.0. The standard InChI is InChI=1S/C21H25NO2S/c1-15(18-10-6-4-7-11-18)20(14-25-17(3)23)21(24)22-16(2)19-12-8-5-9-13-19/h4-13,15-16,20H,14H2,1-3H3,(H,22,24)/t15?,16-,20?/m1/s1. The molecule has 1 N–H and O–H groups in total. The molecule has 0 saturated carbocycles. The lowest BCUT2D eigenvalue weighted by Gasteiger charge is -2.25. The highest BCUT2D eigenvalue weighted by Crippen LogP contribution is 2.28. The second-order valence-electron chi connectivity index (χ2n) is 6.25. The van der Waals surface area contributed by atoms with Gasteiger partial charge in [0.15, 0.2) is 5.12 Å². The first-order valence-corrected chi connectivity index (χ1v) is 9.51. The zero-order valence-electron chi connectivity index (χ0n) is 14.9. The van der Waals surface area contributed by atoms with E-state index < -0.39 is 0 Å².